The van der Waals surface area contributed by atoms with Gasteiger partial charge in [0, 0.05) is 11.3 Å². The van der Waals surface area contributed by atoms with Crippen LogP contribution in [0.25, 0.3) is 27.6 Å². The highest BCUT2D eigenvalue weighted by atomic mass is 32.1. The van der Waals surface area contributed by atoms with Gasteiger partial charge in [0.15, 0.2) is 18.1 Å². The lowest BCUT2D eigenvalue weighted by molar-refractivity contribution is -0.118. The van der Waals surface area contributed by atoms with Crippen molar-refractivity contribution in [1.29, 1.82) is 0 Å². The summed E-state index contributed by atoms with van der Waals surface area (Å²) >= 11 is 1.58. The number of carbonyl (C=O) groups excluding carboxylic acids is 1. The molecule has 38 heavy (non-hydrogen) atoms. The number of benzene rings is 3. The summed E-state index contributed by atoms with van der Waals surface area (Å²) in [6, 6.07) is 31.9. The van der Waals surface area contributed by atoms with Crippen LogP contribution in [0.5, 0.6) is 17.2 Å². The molecule has 0 atom stereocenters. The summed E-state index contributed by atoms with van der Waals surface area (Å²) in [6.07, 6.45) is 0. The van der Waals surface area contributed by atoms with Gasteiger partial charge in [0.2, 0.25) is 0 Å². The fourth-order valence-corrected chi connectivity index (χ4v) is 4.53. The van der Waals surface area contributed by atoms with E-state index in [4.69, 9.17) is 14.6 Å². The van der Waals surface area contributed by atoms with Crippen molar-refractivity contribution in [3.63, 3.8) is 0 Å². The topological polar surface area (TPSA) is 90.6 Å². The van der Waals surface area contributed by atoms with Gasteiger partial charge in [-0.3, -0.25) is 4.79 Å². The average Bonchev–Trinajstić information content (AvgIpc) is 3.63. The molecule has 3 heterocycles. The maximum Gasteiger partial charge on any atom is 0.262 e. The third-order valence-electron chi connectivity index (χ3n) is 5.62. The molecule has 3 aromatic carbocycles. The number of thiophene rings is 1. The van der Waals surface area contributed by atoms with Gasteiger partial charge in [0.1, 0.15) is 17.2 Å². The van der Waals surface area contributed by atoms with Gasteiger partial charge in [0.05, 0.1) is 10.6 Å². The van der Waals surface area contributed by atoms with Gasteiger partial charge in [-0.25, -0.2) is 0 Å². The molecule has 0 unspecified atom stereocenters. The van der Waals surface area contributed by atoms with E-state index in [9.17, 15) is 4.79 Å². The molecule has 6 aromatic rings. The summed E-state index contributed by atoms with van der Waals surface area (Å²) in [4.78, 5) is 13.5. The molecule has 9 heteroatoms. The molecule has 0 saturated carbocycles. The Morgan fingerprint density at radius 1 is 0.816 bits per heavy atom. The smallest absolute Gasteiger partial charge is 0.262 e. The van der Waals surface area contributed by atoms with Gasteiger partial charge in [-0.15, -0.1) is 21.5 Å². The van der Waals surface area contributed by atoms with Crippen molar-refractivity contribution < 1.29 is 14.3 Å². The standard InChI is InChI=1S/C29H21N5O3S/c35-28(19-36-22-11-13-24(14-12-22)37-23-8-2-1-3-9-23)30-21-7-4-6-20(18-21)25-15-16-27-31-32-29(34(27)33-25)26-10-5-17-38-26/h1-18H,19H2,(H,30,35). The number of hydrogen-bond acceptors (Lipinski definition) is 7. The number of aromatic nitrogens is 4. The average molecular weight is 520 g/mol. The van der Waals surface area contributed by atoms with Crippen molar-refractivity contribution in [3.05, 3.63) is 109 Å². The Labute approximate surface area is 222 Å². The van der Waals surface area contributed by atoms with Gasteiger partial charge in [-0.05, 0) is 72.1 Å². The Morgan fingerprint density at radius 3 is 2.45 bits per heavy atom. The summed E-state index contributed by atoms with van der Waals surface area (Å²) in [5.41, 5.74) is 2.90. The van der Waals surface area contributed by atoms with Crippen LogP contribution in [0.3, 0.4) is 0 Å². The molecule has 3 aromatic heterocycles. The highest BCUT2D eigenvalue weighted by Gasteiger charge is 2.12. The minimum atomic E-state index is -0.269. The predicted octanol–water partition coefficient (Wildman–Crippen LogP) is 6.33. The third-order valence-corrected chi connectivity index (χ3v) is 6.48. The number of fused-ring (bicyclic) bond motifs is 1. The molecule has 0 saturated heterocycles. The van der Waals surface area contributed by atoms with Crippen molar-refractivity contribution in [2.75, 3.05) is 11.9 Å². The Balaban J connectivity index is 1.10. The van der Waals surface area contributed by atoms with Crippen LogP contribution in [0.1, 0.15) is 0 Å². The van der Waals surface area contributed by atoms with Gasteiger partial charge in [0.25, 0.3) is 5.91 Å². The Hall–Kier alpha value is -5.02. The first-order chi connectivity index (χ1) is 18.7. The van der Waals surface area contributed by atoms with Crippen LogP contribution in [-0.4, -0.2) is 32.3 Å². The van der Waals surface area contributed by atoms with Gasteiger partial charge < -0.3 is 14.8 Å². The maximum absolute atomic E-state index is 12.6. The van der Waals surface area contributed by atoms with E-state index in [0.717, 1.165) is 21.9 Å². The molecule has 6 rings (SSSR count). The quantitative estimate of drug-likeness (QED) is 0.253. The van der Waals surface area contributed by atoms with Crippen molar-refractivity contribution in [2.45, 2.75) is 0 Å². The summed E-state index contributed by atoms with van der Waals surface area (Å²) in [6.45, 7) is -0.127. The van der Waals surface area contributed by atoms with Gasteiger partial charge in [-0.2, -0.15) is 9.61 Å². The molecule has 0 aliphatic carbocycles. The summed E-state index contributed by atoms with van der Waals surface area (Å²) < 4.78 is 13.2. The number of ether oxygens (including phenoxy) is 2. The molecule has 1 N–H and O–H groups in total. The van der Waals surface area contributed by atoms with Crippen molar-refractivity contribution >= 4 is 28.6 Å². The molecule has 0 radical (unpaired) electrons. The Bertz CT molecular complexity index is 1680. The molecular weight excluding hydrogens is 498 g/mol. The first kappa shape index (κ1) is 23.4. The van der Waals surface area contributed by atoms with Crippen LogP contribution in [0.15, 0.2) is 109 Å². The van der Waals surface area contributed by atoms with E-state index in [1.54, 1.807) is 40.1 Å². The normalized spacial score (nSPS) is 10.8. The van der Waals surface area contributed by atoms with Crippen molar-refractivity contribution in [2.24, 2.45) is 0 Å². The number of amides is 1. The molecule has 0 fully saturated rings. The SMILES string of the molecule is O=C(COc1ccc(Oc2ccccc2)cc1)Nc1cccc(-c2ccc3nnc(-c4cccs4)n3n2)c1. The van der Waals surface area contributed by atoms with Crippen molar-refractivity contribution in [1.82, 2.24) is 19.8 Å². The molecule has 0 spiro atoms. The number of rotatable bonds is 8. The first-order valence-corrected chi connectivity index (χ1v) is 12.7. The second kappa shape index (κ2) is 10.5. The monoisotopic (exact) mass is 519 g/mol. The van der Waals surface area contributed by atoms with E-state index in [0.29, 0.717) is 28.7 Å². The molecule has 0 bridgehead atoms. The largest absolute Gasteiger partial charge is 0.484 e. The zero-order valence-corrected chi connectivity index (χ0v) is 20.8. The minimum absolute atomic E-state index is 0.127. The number of nitrogens with zero attached hydrogens (tertiary/aromatic N) is 4. The number of nitrogens with one attached hydrogen (secondary N) is 1. The summed E-state index contributed by atoms with van der Waals surface area (Å²) in [5.74, 6) is 2.43. The van der Waals surface area contributed by atoms with E-state index in [2.05, 4.69) is 15.5 Å². The summed E-state index contributed by atoms with van der Waals surface area (Å²) in [7, 11) is 0. The molecular formula is C29H21N5O3S. The van der Waals surface area contributed by atoms with E-state index >= 15 is 0 Å². The lowest BCUT2D eigenvalue weighted by Gasteiger charge is -2.10. The van der Waals surface area contributed by atoms with Gasteiger partial charge >= 0.3 is 0 Å². The lowest BCUT2D eigenvalue weighted by Crippen LogP contribution is -2.20. The number of anilines is 1. The fraction of sp³-hybridized carbons (Fsp3) is 0.0345. The van der Waals surface area contributed by atoms with Crippen LogP contribution in [0.4, 0.5) is 5.69 Å². The van der Waals surface area contributed by atoms with Crippen LogP contribution in [-0.2, 0) is 4.79 Å². The second-order valence-electron chi connectivity index (χ2n) is 8.29. The lowest BCUT2D eigenvalue weighted by atomic mass is 10.1. The zero-order chi connectivity index (χ0) is 25.7. The van der Waals surface area contributed by atoms with E-state index in [1.807, 2.05) is 84.2 Å². The molecule has 1 amide bonds. The third kappa shape index (κ3) is 5.23. The number of carbonyl (C=O) groups is 1. The van der Waals surface area contributed by atoms with Crippen LogP contribution < -0.4 is 14.8 Å². The van der Waals surface area contributed by atoms with E-state index in [1.165, 1.54) is 0 Å². The molecule has 186 valence electrons. The van der Waals surface area contributed by atoms with Crippen molar-refractivity contribution in [3.8, 4) is 39.2 Å². The fourth-order valence-electron chi connectivity index (χ4n) is 3.83. The minimum Gasteiger partial charge on any atom is -0.484 e. The van der Waals surface area contributed by atoms with Crippen LogP contribution in [0.2, 0.25) is 0 Å². The second-order valence-corrected chi connectivity index (χ2v) is 9.24. The maximum atomic E-state index is 12.6. The highest BCUT2D eigenvalue weighted by molar-refractivity contribution is 7.13. The number of hydrogen-bond donors (Lipinski definition) is 1. The Kier molecular flexibility index (Phi) is 6.48. The molecule has 8 nitrogen and oxygen atoms in total. The van der Waals surface area contributed by atoms with Crippen LogP contribution >= 0.6 is 11.3 Å². The van der Waals surface area contributed by atoms with Crippen LogP contribution in [0, 0.1) is 0 Å². The number of para-hydroxylation sites is 1. The highest BCUT2D eigenvalue weighted by Crippen LogP contribution is 2.26. The molecule has 0 aliphatic heterocycles. The zero-order valence-electron chi connectivity index (χ0n) is 20.0. The predicted molar refractivity (Wildman–Crippen MR) is 147 cm³/mol. The first-order valence-electron chi connectivity index (χ1n) is 11.8. The van der Waals surface area contributed by atoms with E-state index in [-0.39, 0.29) is 12.5 Å². The van der Waals surface area contributed by atoms with Gasteiger partial charge in [-0.1, -0.05) is 36.4 Å². The van der Waals surface area contributed by atoms with E-state index < -0.39 is 0 Å². The summed E-state index contributed by atoms with van der Waals surface area (Å²) in [5, 5.41) is 18.1. The Morgan fingerprint density at radius 2 is 1.63 bits per heavy atom. The molecule has 0 aliphatic rings.